The first-order chi connectivity index (χ1) is 15.1. The predicted octanol–water partition coefficient (Wildman–Crippen LogP) is 4.05. The summed E-state index contributed by atoms with van der Waals surface area (Å²) in [5.41, 5.74) is 5.91. The van der Waals surface area contributed by atoms with Crippen molar-refractivity contribution < 1.29 is 22.8 Å². The molecule has 0 unspecified atom stereocenters. The first-order valence-corrected chi connectivity index (χ1v) is 9.93. The fourth-order valence-electron chi connectivity index (χ4n) is 3.09. The average Bonchev–Trinajstić information content (AvgIpc) is 3.22. The number of rotatable bonds is 5. The molecule has 0 fully saturated rings. The maximum atomic E-state index is 12.8. The molecule has 3 aromatic rings. The Morgan fingerprint density at radius 2 is 1.66 bits per heavy atom. The van der Waals surface area contributed by atoms with Gasteiger partial charge in [-0.05, 0) is 42.2 Å². The van der Waals surface area contributed by atoms with Crippen molar-refractivity contribution in [2.45, 2.75) is 39.3 Å². The molecule has 0 saturated carbocycles. The van der Waals surface area contributed by atoms with Gasteiger partial charge in [0.1, 0.15) is 0 Å². The Bertz CT molecular complexity index is 1100. The van der Waals surface area contributed by atoms with Gasteiger partial charge in [0, 0.05) is 11.8 Å². The van der Waals surface area contributed by atoms with Crippen LogP contribution in [0.5, 0.6) is 0 Å². The maximum Gasteiger partial charge on any atom is 0.417 e. The highest BCUT2D eigenvalue weighted by Crippen LogP contribution is 2.29. The zero-order valence-corrected chi connectivity index (χ0v) is 17.7. The zero-order chi connectivity index (χ0) is 23.5. The third-order valence-corrected chi connectivity index (χ3v) is 4.80. The number of amides is 2. The minimum atomic E-state index is -4.50. The molecular formula is C22H22F3N5O2. The van der Waals surface area contributed by atoms with Gasteiger partial charge in [-0.3, -0.25) is 20.4 Å². The second-order valence-corrected chi connectivity index (χ2v) is 7.37. The molecule has 0 saturated heterocycles. The van der Waals surface area contributed by atoms with Gasteiger partial charge in [-0.25, -0.2) is 9.67 Å². The molecule has 32 heavy (non-hydrogen) atoms. The minimum Gasteiger partial charge on any atom is -0.267 e. The minimum absolute atomic E-state index is 0.140. The van der Waals surface area contributed by atoms with Crippen LogP contribution in [0.15, 0.2) is 48.8 Å². The van der Waals surface area contributed by atoms with Crippen molar-refractivity contribution in [2.75, 3.05) is 0 Å². The van der Waals surface area contributed by atoms with E-state index in [0.717, 1.165) is 18.1 Å². The van der Waals surface area contributed by atoms with Crippen LogP contribution in [-0.4, -0.2) is 26.6 Å². The molecule has 0 bridgehead atoms. The standard InChI is InChI=1S/C22H22F3N5O2/c1-4-14-5-7-15(8-6-14)20(31)28-29-21(32)17-12-27-30(19(17)13(2)3)18-10-9-16(11-26-18)22(23,24)25/h5-13H,4H2,1-3H3,(H,28,31)(H,29,32). The molecule has 0 radical (unpaired) electrons. The van der Waals surface area contributed by atoms with Crippen LogP contribution in [0.25, 0.3) is 5.82 Å². The number of pyridine rings is 1. The number of halogens is 3. The molecule has 0 aliphatic heterocycles. The monoisotopic (exact) mass is 445 g/mol. The summed E-state index contributed by atoms with van der Waals surface area (Å²) < 4.78 is 39.7. The van der Waals surface area contributed by atoms with Crippen molar-refractivity contribution in [2.24, 2.45) is 0 Å². The molecule has 168 valence electrons. The fourth-order valence-corrected chi connectivity index (χ4v) is 3.09. The van der Waals surface area contributed by atoms with Gasteiger partial charge < -0.3 is 0 Å². The first kappa shape index (κ1) is 23.0. The van der Waals surface area contributed by atoms with E-state index in [1.54, 1.807) is 12.1 Å². The molecule has 1 aromatic carbocycles. The number of carbonyl (C=O) groups excluding carboxylic acids is 2. The van der Waals surface area contributed by atoms with Crippen LogP contribution in [0, 0.1) is 0 Å². The second kappa shape index (κ2) is 9.21. The highest BCUT2D eigenvalue weighted by atomic mass is 19.4. The third-order valence-electron chi connectivity index (χ3n) is 4.80. The maximum absolute atomic E-state index is 12.8. The Labute approximate surface area is 182 Å². The van der Waals surface area contributed by atoms with Gasteiger partial charge in [-0.2, -0.15) is 18.3 Å². The van der Waals surface area contributed by atoms with E-state index in [9.17, 15) is 22.8 Å². The fraction of sp³-hybridized carbons (Fsp3) is 0.273. The van der Waals surface area contributed by atoms with Gasteiger partial charge in [0.25, 0.3) is 11.8 Å². The SMILES string of the molecule is CCc1ccc(C(=O)NNC(=O)c2cnn(-c3ccc(C(F)(F)F)cn3)c2C(C)C)cc1. The lowest BCUT2D eigenvalue weighted by atomic mass is 10.1. The van der Waals surface area contributed by atoms with E-state index in [4.69, 9.17) is 0 Å². The first-order valence-electron chi connectivity index (χ1n) is 9.93. The lowest BCUT2D eigenvalue weighted by Crippen LogP contribution is -2.41. The van der Waals surface area contributed by atoms with Crippen LogP contribution in [0.3, 0.4) is 0 Å². The summed E-state index contributed by atoms with van der Waals surface area (Å²) in [6, 6.07) is 9.06. The smallest absolute Gasteiger partial charge is 0.267 e. The number of nitrogens with zero attached hydrogens (tertiary/aromatic N) is 3. The summed E-state index contributed by atoms with van der Waals surface area (Å²) in [6.07, 6.45) is -1.66. The summed E-state index contributed by atoms with van der Waals surface area (Å²) in [5, 5.41) is 4.12. The molecule has 0 atom stereocenters. The van der Waals surface area contributed by atoms with Crippen LogP contribution < -0.4 is 10.9 Å². The van der Waals surface area contributed by atoms with Crippen LogP contribution >= 0.6 is 0 Å². The van der Waals surface area contributed by atoms with Gasteiger partial charge in [-0.15, -0.1) is 0 Å². The largest absolute Gasteiger partial charge is 0.417 e. The number of aromatic nitrogens is 3. The lowest BCUT2D eigenvalue weighted by molar-refractivity contribution is -0.137. The van der Waals surface area contributed by atoms with Crippen LogP contribution in [0.1, 0.15) is 64.2 Å². The molecule has 2 heterocycles. The average molecular weight is 445 g/mol. The van der Waals surface area contributed by atoms with Gasteiger partial charge in [0.2, 0.25) is 0 Å². The Morgan fingerprint density at radius 3 is 2.19 bits per heavy atom. The summed E-state index contributed by atoms with van der Waals surface area (Å²) in [4.78, 5) is 28.8. The lowest BCUT2D eigenvalue weighted by Gasteiger charge is -2.13. The van der Waals surface area contributed by atoms with E-state index in [2.05, 4.69) is 20.9 Å². The van der Waals surface area contributed by atoms with Crippen molar-refractivity contribution in [3.63, 3.8) is 0 Å². The number of carbonyl (C=O) groups is 2. The number of nitrogens with one attached hydrogen (secondary N) is 2. The van der Waals surface area contributed by atoms with Crippen LogP contribution in [-0.2, 0) is 12.6 Å². The number of benzene rings is 1. The van der Waals surface area contributed by atoms with Crippen molar-refractivity contribution in [1.29, 1.82) is 0 Å². The summed E-state index contributed by atoms with van der Waals surface area (Å²) >= 11 is 0. The highest BCUT2D eigenvalue weighted by molar-refractivity contribution is 5.99. The summed E-state index contributed by atoms with van der Waals surface area (Å²) in [6.45, 7) is 5.62. The predicted molar refractivity (Wildman–Crippen MR) is 111 cm³/mol. The van der Waals surface area contributed by atoms with Crippen molar-refractivity contribution in [1.82, 2.24) is 25.6 Å². The number of hydrogen-bond acceptors (Lipinski definition) is 4. The Hall–Kier alpha value is -3.69. The number of alkyl halides is 3. The Balaban J connectivity index is 1.78. The van der Waals surface area contributed by atoms with Crippen molar-refractivity contribution in [3.8, 4) is 5.82 Å². The van der Waals surface area contributed by atoms with E-state index in [-0.39, 0.29) is 17.3 Å². The molecule has 10 heteroatoms. The summed E-state index contributed by atoms with van der Waals surface area (Å²) in [7, 11) is 0. The van der Waals surface area contributed by atoms with E-state index >= 15 is 0 Å². The summed E-state index contributed by atoms with van der Waals surface area (Å²) in [5.74, 6) is -1.16. The number of aryl methyl sites for hydroxylation is 1. The van der Waals surface area contributed by atoms with Gasteiger partial charge in [0.15, 0.2) is 5.82 Å². The molecule has 0 aliphatic rings. The molecule has 2 N–H and O–H groups in total. The van der Waals surface area contributed by atoms with Crippen molar-refractivity contribution >= 4 is 11.8 Å². The molecule has 7 nitrogen and oxygen atoms in total. The van der Waals surface area contributed by atoms with E-state index in [1.807, 2.05) is 32.9 Å². The van der Waals surface area contributed by atoms with Gasteiger partial charge in [-0.1, -0.05) is 32.9 Å². The molecule has 3 rings (SSSR count). The van der Waals surface area contributed by atoms with Crippen LogP contribution in [0.4, 0.5) is 13.2 Å². The molecular weight excluding hydrogens is 423 g/mol. The van der Waals surface area contributed by atoms with Crippen molar-refractivity contribution in [3.05, 3.63) is 76.7 Å². The normalized spacial score (nSPS) is 11.5. The van der Waals surface area contributed by atoms with Crippen LogP contribution in [0.2, 0.25) is 0 Å². The number of hydrogen-bond donors (Lipinski definition) is 2. The molecule has 0 spiro atoms. The Morgan fingerprint density at radius 1 is 1.00 bits per heavy atom. The van der Waals surface area contributed by atoms with E-state index in [1.165, 1.54) is 16.9 Å². The molecule has 0 aliphatic carbocycles. The topological polar surface area (TPSA) is 88.9 Å². The van der Waals surface area contributed by atoms with Gasteiger partial charge in [0.05, 0.1) is 23.0 Å². The molecule has 2 aromatic heterocycles. The third kappa shape index (κ3) is 4.96. The van der Waals surface area contributed by atoms with E-state index < -0.39 is 23.6 Å². The molecule has 2 amide bonds. The number of hydrazine groups is 1. The highest BCUT2D eigenvalue weighted by Gasteiger charge is 2.31. The Kier molecular flexibility index (Phi) is 6.61. The second-order valence-electron chi connectivity index (χ2n) is 7.37. The van der Waals surface area contributed by atoms with Gasteiger partial charge >= 0.3 is 6.18 Å². The quantitative estimate of drug-likeness (QED) is 0.580. The zero-order valence-electron chi connectivity index (χ0n) is 17.7. The van der Waals surface area contributed by atoms with E-state index in [0.29, 0.717) is 17.5 Å².